The molecule has 0 unspecified atom stereocenters. The number of carbonyl (C=O) groups is 1. The van der Waals surface area contributed by atoms with Crippen molar-refractivity contribution in [2.75, 3.05) is 26.2 Å². The molecule has 1 rings (SSSR count). The largest absolute Gasteiger partial charge is 0.545 e. The highest BCUT2D eigenvalue weighted by molar-refractivity contribution is 7.73. The van der Waals surface area contributed by atoms with Crippen molar-refractivity contribution < 1.29 is 9.90 Å². The third-order valence-corrected chi connectivity index (χ3v) is 7.35. The quantitative estimate of drug-likeness (QED) is 0.167. The molecule has 2 nitrogen and oxygen atoms in total. The van der Waals surface area contributed by atoms with Crippen LogP contribution in [0.25, 0.3) is 0 Å². The molecule has 0 bridgehead atoms. The molecule has 1 aromatic carbocycles. The molecule has 0 aromatic heterocycles. The summed E-state index contributed by atoms with van der Waals surface area (Å²) in [7, 11) is -0.504. The molecule has 0 saturated heterocycles. The van der Waals surface area contributed by atoms with Crippen LogP contribution in [0.15, 0.2) is 30.3 Å². The summed E-state index contributed by atoms with van der Waals surface area (Å²) in [5, 5.41) is 10.1. The van der Waals surface area contributed by atoms with Crippen LogP contribution < -0.4 is 5.11 Å². The molecule has 0 aliphatic carbocycles. The smallest absolute Gasteiger partial charge is 0.0715 e. The van der Waals surface area contributed by atoms with Gasteiger partial charge in [0.2, 0.25) is 0 Å². The Morgan fingerprint density at radius 2 is 1.00 bits per heavy atom. The molecule has 0 heterocycles. The van der Waals surface area contributed by atoms with Crippen LogP contribution in [0, 0.1) is 0 Å². The lowest BCUT2D eigenvalue weighted by atomic mass is 10.0. The van der Waals surface area contributed by atoms with Gasteiger partial charge in [-0.3, -0.25) is 0 Å². The van der Waals surface area contributed by atoms with Crippen molar-refractivity contribution in [2.24, 2.45) is 0 Å². The molecular weight excluding hydrogens is 399 g/mol. The Hall–Kier alpha value is -0.880. The van der Waals surface area contributed by atoms with E-state index >= 15 is 0 Å². The number of carboxylic acids is 1. The fraction of sp³-hybridized carbons (Fsp3) is 0.750. The molecule has 0 N–H and O–H groups in total. The number of aromatic carboxylic acids is 1. The molecule has 31 heavy (non-hydrogen) atoms. The lowest BCUT2D eigenvalue weighted by Crippen LogP contribution is -2.21. The fourth-order valence-corrected chi connectivity index (χ4v) is 4.88. The van der Waals surface area contributed by atoms with E-state index in [4.69, 9.17) is 0 Å². The predicted octanol–water partition coefficient (Wildman–Crippen LogP) is 8.21. The molecule has 0 amide bonds. The van der Waals surface area contributed by atoms with E-state index in [0.29, 0.717) is 0 Å². The van der Waals surface area contributed by atoms with Crippen LogP contribution in [0.3, 0.4) is 0 Å². The number of rotatable bonds is 18. The summed E-state index contributed by atoms with van der Waals surface area (Å²) in [5.74, 6) is -1.13. The summed E-state index contributed by atoms with van der Waals surface area (Å²) in [6.45, 7) is 9.71. The molecule has 0 aliphatic rings. The minimum Gasteiger partial charge on any atom is -0.545 e. The second-order valence-corrected chi connectivity index (χ2v) is 15.0. The number of benzene rings is 1. The maximum absolute atomic E-state index is 10.1. The first-order chi connectivity index (χ1) is 14.9. The van der Waals surface area contributed by atoms with Gasteiger partial charge in [0.25, 0.3) is 0 Å². The number of hydrogen-bond acceptors (Lipinski definition) is 2. The summed E-state index contributed by atoms with van der Waals surface area (Å²) in [6.07, 6.45) is 25.1. The zero-order valence-electron chi connectivity index (χ0n) is 21.2. The summed E-state index contributed by atoms with van der Waals surface area (Å²) in [5.41, 5.74) is 0.220. The van der Waals surface area contributed by atoms with Crippen molar-refractivity contribution in [2.45, 2.75) is 110 Å². The lowest BCUT2D eigenvalue weighted by Gasteiger charge is -2.10. The molecule has 0 radical (unpaired) electrons. The molecule has 0 atom stereocenters. The lowest BCUT2D eigenvalue weighted by molar-refractivity contribution is -0.255. The van der Waals surface area contributed by atoms with Crippen molar-refractivity contribution in [1.82, 2.24) is 0 Å². The molecule has 0 aliphatic heterocycles. The molecule has 3 heteroatoms. The van der Waals surface area contributed by atoms with E-state index in [0.717, 1.165) is 0 Å². The summed E-state index contributed by atoms with van der Waals surface area (Å²) in [4.78, 5) is 10.1. The van der Waals surface area contributed by atoms with Crippen molar-refractivity contribution in [1.29, 1.82) is 0 Å². The van der Waals surface area contributed by atoms with Gasteiger partial charge in [-0.05, 0) is 18.4 Å². The number of unbranched alkanes of at least 4 members (excludes halogenated alkanes) is 15. The second-order valence-electron chi connectivity index (χ2n) is 9.97. The van der Waals surface area contributed by atoms with Gasteiger partial charge in [-0.15, -0.1) is 0 Å². The van der Waals surface area contributed by atoms with Crippen LogP contribution >= 0.6 is 7.26 Å². The van der Waals surface area contributed by atoms with Gasteiger partial charge in [0.05, 0.1) is 12.1 Å². The Kier molecular flexibility index (Phi) is 20.4. The Labute approximate surface area is 195 Å². The van der Waals surface area contributed by atoms with Crippen molar-refractivity contribution in [3.8, 4) is 0 Å². The molecule has 0 fully saturated rings. The summed E-state index contributed by atoms with van der Waals surface area (Å²) >= 11 is 0. The van der Waals surface area contributed by atoms with Crippen LogP contribution in [-0.2, 0) is 0 Å². The van der Waals surface area contributed by atoms with Gasteiger partial charge in [-0.2, -0.15) is 0 Å². The van der Waals surface area contributed by atoms with Crippen LogP contribution in [-0.4, -0.2) is 32.1 Å². The van der Waals surface area contributed by atoms with Crippen molar-refractivity contribution in [3.63, 3.8) is 0 Å². The highest BCUT2D eigenvalue weighted by Gasteiger charge is 2.15. The average molecular weight is 451 g/mol. The first-order valence-electron chi connectivity index (χ1n) is 12.9. The van der Waals surface area contributed by atoms with Gasteiger partial charge in [-0.25, -0.2) is 0 Å². The van der Waals surface area contributed by atoms with E-state index < -0.39 is 13.2 Å². The second kappa shape index (κ2) is 21.0. The SMILES string of the molecule is CCCCCCCCCCCCCCCCCC[P+](C)(C)C.O=C([O-])c1ccccc1. The van der Waals surface area contributed by atoms with Crippen molar-refractivity contribution in [3.05, 3.63) is 35.9 Å². The molecular formula is C28H51O2P. The standard InChI is InChI=1S/C21H46P.C7H6O2/c1-5-6-7-8-9-10-11-12-13-14-15-16-17-18-19-20-21-22(2,3)4;8-7(9)6-4-2-1-3-5-6/h5-21H2,1-4H3;1-5H,(H,8,9)/q+1;/p-1. The highest BCUT2D eigenvalue weighted by atomic mass is 31.2. The maximum atomic E-state index is 10.1. The molecule has 0 spiro atoms. The average Bonchev–Trinajstić information content (AvgIpc) is 2.74. The normalized spacial score (nSPS) is 11.1. The zero-order valence-corrected chi connectivity index (χ0v) is 22.1. The van der Waals surface area contributed by atoms with Crippen molar-refractivity contribution >= 4 is 13.2 Å². The van der Waals surface area contributed by atoms with Gasteiger partial charge in [0.1, 0.15) is 0 Å². The highest BCUT2D eigenvalue weighted by Crippen LogP contribution is 2.47. The van der Waals surface area contributed by atoms with Gasteiger partial charge in [-0.1, -0.05) is 127 Å². The Morgan fingerprint density at radius 1 is 0.645 bits per heavy atom. The van der Waals surface area contributed by atoms with Crippen LogP contribution in [0.4, 0.5) is 0 Å². The molecule has 180 valence electrons. The monoisotopic (exact) mass is 450 g/mol. The third kappa shape index (κ3) is 23.6. The predicted molar refractivity (Wildman–Crippen MR) is 140 cm³/mol. The van der Waals surface area contributed by atoms with E-state index in [2.05, 4.69) is 26.9 Å². The Balaban J connectivity index is 0.000000823. The maximum Gasteiger partial charge on any atom is 0.0715 e. The van der Waals surface area contributed by atoms with E-state index in [1.807, 2.05) is 0 Å². The van der Waals surface area contributed by atoms with Crippen LogP contribution in [0.1, 0.15) is 120 Å². The van der Waals surface area contributed by atoms with Gasteiger partial charge in [0, 0.05) is 27.3 Å². The summed E-state index contributed by atoms with van der Waals surface area (Å²) < 4.78 is 0. The van der Waals surface area contributed by atoms with E-state index in [1.165, 1.54) is 121 Å². The minimum absolute atomic E-state index is 0.220. The topological polar surface area (TPSA) is 40.1 Å². The van der Waals surface area contributed by atoms with Gasteiger partial charge >= 0.3 is 0 Å². The fourth-order valence-electron chi connectivity index (χ4n) is 3.71. The van der Waals surface area contributed by atoms with Gasteiger partial charge < -0.3 is 9.90 Å². The molecule has 1 aromatic rings. The Bertz CT molecular complexity index is 507. The first-order valence-corrected chi connectivity index (χ1v) is 16.2. The molecule has 0 saturated carbocycles. The van der Waals surface area contributed by atoms with E-state index in [9.17, 15) is 9.90 Å². The van der Waals surface area contributed by atoms with E-state index in [-0.39, 0.29) is 5.56 Å². The third-order valence-electron chi connectivity index (χ3n) is 5.69. The van der Waals surface area contributed by atoms with Gasteiger partial charge in [0.15, 0.2) is 0 Å². The zero-order chi connectivity index (χ0) is 23.2. The minimum atomic E-state index is -1.13. The Morgan fingerprint density at radius 3 is 1.29 bits per heavy atom. The number of carboxylic acid groups (broad SMARTS) is 1. The summed E-state index contributed by atoms with van der Waals surface area (Å²) in [6, 6.07) is 8.06. The van der Waals surface area contributed by atoms with Crippen LogP contribution in [0.5, 0.6) is 0 Å². The van der Waals surface area contributed by atoms with E-state index in [1.54, 1.807) is 18.2 Å². The van der Waals surface area contributed by atoms with Crippen LogP contribution in [0.2, 0.25) is 0 Å². The number of hydrogen-bond donors (Lipinski definition) is 0. The number of carbonyl (C=O) groups excluding carboxylic acids is 1. The first kappa shape index (κ1) is 30.1.